The summed E-state index contributed by atoms with van der Waals surface area (Å²) in [5, 5.41) is 5.81. The van der Waals surface area contributed by atoms with Gasteiger partial charge in [-0.3, -0.25) is 14.4 Å². The van der Waals surface area contributed by atoms with Crippen LogP contribution in [0.2, 0.25) is 5.02 Å². The Morgan fingerprint density at radius 2 is 1.91 bits per heavy atom. The number of carbonyl (C=O) groups is 3. The second-order valence-corrected chi connectivity index (χ2v) is 8.43. The van der Waals surface area contributed by atoms with Crippen molar-refractivity contribution in [2.45, 2.75) is 19.3 Å². The largest absolute Gasteiger partial charge is 0.493 e. The normalized spacial score (nSPS) is 15.5. The van der Waals surface area contributed by atoms with Crippen molar-refractivity contribution >= 4 is 35.0 Å². The quantitative estimate of drug-likeness (QED) is 0.501. The first kappa shape index (κ1) is 25.5. The van der Waals surface area contributed by atoms with Crippen LogP contribution in [0.3, 0.4) is 0 Å². The third-order valence-electron chi connectivity index (χ3n) is 5.55. The van der Waals surface area contributed by atoms with Crippen molar-refractivity contribution in [1.29, 1.82) is 0 Å². The minimum absolute atomic E-state index is 0.0275. The number of ether oxygens (including phenoxy) is 2. The van der Waals surface area contributed by atoms with Gasteiger partial charge in [0.05, 0.1) is 36.1 Å². The van der Waals surface area contributed by atoms with E-state index in [1.807, 2.05) is 30.3 Å². The number of benzene rings is 2. The summed E-state index contributed by atoms with van der Waals surface area (Å²) in [6.07, 6.45) is 1.71. The van der Waals surface area contributed by atoms with Gasteiger partial charge in [-0.05, 0) is 43.2 Å². The Hall–Kier alpha value is -3.10. The summed E-state index contributed by atoms with van der Waals surface area (Å²) >= 11 is 6.26. The summed E-state index contributed by atoms with van der Waals surface area (Å²) in [4.78, 5) is 39.4. The molecular formula is C25H30ClN3O5. The van der Waals surface area contributed by atoms with Gasteiger partial charge in [-0.2, -0.15) is 0 Å². The Morgan fingerprint density at radius 3 is 2.65 bits per heavy atom. The lowest BCUT2D eigenvalue weighted by molar-refractivity contribution is -0.135. The minimum atomic E-state index is -0.316. The predicted molar refractivity (Wildman–Crippen MR) is 130 cm³/mol. The van der Waals surface area contributed by atoms with E-state index in [1.54, 1.807) is 30.2 Å². The number of hydrogen-bond donors (Lipinski definition) is 2. The number of carbonyl (C=O) groups excluding carboxylic acids is 3. The second kappa shape index (κ2) is 13.0. The lowest BCUT2D eigenvalue weighted by Crippen LogP contribution is -2.44. The van der Waals surface area contributed by atoms with Crippen LogP contribution in [0.5, 0.6) is 5.75 Å². The van der Waals surface area contributed by atoms with Crippen LogP contribution in [0.25, 0.3) is 0 Å². The van der Waals surface area contributed by atoms with Crippen LogP contribution >= 0.6 is 11.6 Å². The third kappa shape index (κ3) is 7.46. The highest BCUT2D eigenvalue weighted by molar-refractivity contribution is 6.34. The molecule has 1 atom stereocenters. The number of halogens is 1. The first-order valence-corrected chi connectivity index (χ1v) is 11.7. The molecule has 1 unspecified atom stereocenters. The van der Waals surface area contributed by atoms with E-state index in [4.69, 9.17) is 21.1 Å². The van der Waals surface area contributed by atoms with E-state index in [0.717, 1.165) is 12.2 Å². The average molecular weight is 488 g/mol. The van der Waals surface area contributed by atoms with E-state index in [-0.39, 0.29) is 35.1 Å². The summed E-state index contributed by atoms with van der Waals surface area (Å²) < 4.78 is 10.5. The molecule has 1 heterocycles. The Labute approximate surface area is 204 Å². The van der Waals surface area contributed by atoms with E-state index in [2.05, 4.69) is 10.6 Å². The van der Waals surface area contributed by atoms with Crippen molar-refractivity contribution in [3.8, 4) is 5.75 Å². The maximum Gasteiger partial charge on any atom is 0.252 e. The fourth-order valence-corrected chi connectivity index (χ4v) is 4.00. The zero-order valence-electron chi connectivity index (χ0n) is 19.2. The maximum absolute atomic E-state index is 12.8. The van der Waals surface area contributed by atoms with Crippen molar-refractivity contribution in [3.05, 3.63) is 59.1 Å². The summed E-state index contributed by atoms with van der Waals surface area (Å²) in [6, 6.07) is 14.1. The fraction of sp³-hybridized carbons (Fsp3) is 0.400. The molecule has 34 heavy (non-hydrogen) atoms. The predicted octanol–water partition coefficient (Wildman–Crippen LogP) is 3.36. The fourth-order valence-electron chi connectivity index (χ4n) is 3.73. The van der Waals surface area contributed by atoms with E-state index >= 15 is 0 Å². The summed E-state index contributed by atoms with van der Waals surface area (Å²) in [6.45, 7) is 2.06. The summed E-state index contributed by atoms with van der Waals surface area (Å²) in [5.41, 5.74) is 0.825. The van der Waals surface area contributed by atoms with E-state index in [0.29, 0.717) is 50.5 Å². The van der Waals surface area contributed by atoms with Gasteiger partial charge in [0.2, 0.25) is 11.8 Å². The van der Waals surface area contributed by atoms with Crippen molar-refractivity contribution in [3.63, 3.8) is 0 Å². The number of methoxy groups -OCH3 is 1. The van der Waals surface area contributed by atoms with Crippen molar-refractivity contribution < 1.29 is 23.9 Å². The van der Waals surface area contributed by atoms with Crippen LogP contribution in [0.15, 0.2) is 48.5 Å². The minimum Gasteiger partial charge on any atom is -0.493 e. The number of amides is 3. The number of piperidine rings is 1. The van der Waals surface area contributed by atoms with Crippen LogP contribution in [0.4, 0.5) is 5.69 Å². The molecule has 1 aliphatic heterocycles. The molecule has 3 rings (SSSR count). The molecule has 2 N–H and O–H groups in total. The van der Waals surface area contributed by atoms with E-state index in [1.165, 1.54) is 0 Å². The third-order valence-corrected chi connectivity index (χ3v) is 5.86. The zero-order chi connectivity index (χ0) is 24.3. The number of nitrogens with zero attached hydrogens (tertiary/aromatic N) is 1. The SMILES string of the molecule is COCCNC(=O)c1ccc(NC(=O)C2CCCN(C(=O)CCOc3ccccc3)C2)cc1Cl. The Morgan fingerprint density at radius 1 is 1.12 bits per heavy atom. The number of hydrogen-bond acceptors (Lipinski definition) is 5. The van der Waals surface area contributed by atoms with Crippen molar-refractivity contribution in [1.82, 2.24) is 10.2 Å². The highest BCUT2D eigenvalue weighted by Gasteiger charge is 2.28. The first-order chi connectivity index (χ1) is 16.5. The molecule has 3 amide bonds. The van der Waals surface area contributed by atoms with E-state index in [9.17, 15) is 14.4 Å². The molecule has 8 nitrogen and oxygen atoms in total. The van der Waals surface area contributed by atoms with Gasteiger partial charge in [-0.15, -0.1) is 0 Å². The van der Waals surface area contributed by atoms with Gasteiger partial charge in [0.25, 0.3) is 5.91 Å². The number of para-hydroxylation sites is 1. The van der Waals surface area contributed by atoms with Gasteiger partial charge in [-0.1, -0.05) is 29.8 Å². The second-order valence-electron chi connectivity index (χ2n) is 8.02. The molecule has 0 spiro atoms. The van der Waals surface area contributed by atoms with Gasteiger partial charge in [0.15, 0.2) is 0 Å². The highest BCUT2D eigenvalue weighted by Crippen LogP contribution is 2.24. The average Bonchev–Trinajstić information content (AvgIpc) is 2.85. The molecule has 0 aromatic heterocycles. The lowest BCUT2D eigenvalue weighted by Gasteiger charge is -2.32. The number of rotatable bonds is 10. The Balaban J connectivity index is 1.49. The molecule has 2 aromatic carbocycles. The molecule has 0 bridgehead atoms. The smallest absolute Gasteiger partial charge is 0.252 e. The molecule has 2 aromatic rings. The maximum atomic E-state index is 12.8. The van der Waals surface area contributed by atoms with Crippen molar-refractivity contribution in [2.75, 3.05) is 45.3 Å². The lowest BCUT2D eigenvalue weighted by atomic mass is 9.96. The van der Waals surface area contributed by atoms with Crippen LogP contribution < -0.4 is 15.4 Å². The molecule has 0 aliphatic carbocycles. The number of anilines is 1. The molecule has 0 saturated carbocycles. The van der Waals surface area contributed by atoms with Gasteiger partial charge in [-0.25, -0.2) is 0 Å². The van der Waals surface area contributed by atoms with E-state index < -0.39 is 0 Å². The number of nitrogens with one attached hydrogen (secondary N) is 2. The van der Waals surface area contributed by atoms with Crippen LogP contribution in [-0.2, 0) is 14.3 Å². The molecule has 9 heteroatoms. The van der Waals surface area contributed by atoms with Crippen LogP contribution in [-0.4, -0.2) is 62.6 Å². The molecule has 0 radical (unpaired) electrons. The molecule has 1 aliphatic rings. The molecule has 1 saturated heterocycles. The molecule has 1 fully saturated rings. The van der Waals surface area contributed by atoms with Gasteiger partial charge in [0, 0.05) is 32.4 Å². The molecular weight excluding hydrogens is 458 g/mol. The van der Waals surface area contributed by atoms with Crippen LogP contribution in [0, 0.1) is 5.92 Å². The Bertz CT molecular complexity index is 986. The standard InChI is InChI=1S/C25H30ClN3O5/c1-33-15-12-27-25(32)21-10-9-19(16-22(21)26)28-24(31)18-6-5-13-29(17-18)23(30)11-14-34-20-7-3-2-4-8-20/h2-4,7-10,16,18H,5-6,11-15,17H2,1H3,(H,27,32)(H,28,31). The highest BCUT2D eigenvalue weighted by atomic mass is 35.5. The van der Waals surface area contributed by atoms with Crippen molar-refractivity contribution in [2.24, 2.45) is 5.92 Å². The van der Waals surface area contributed by atoms with Gasteiger partial charge < -0.3 is 25.0 Å². The molecule has 182 valence electrons. The monoisotopic (exact) mass is 487 g/mol. The number of likely N-dealkylation sites (tertiary alicyclic amines) is 1. The topological polar surface area (TPSA) is 97.0 Å². The van der Waals surface area contributed by atoms with Crippen LogP contribution in [0.1, 0.15) is 29.6 Å². The van der Waals surface area contributed by atoms with Gasteiger partial charge in [0.1, 0.15) is 5.75 Å². The Kier molecular flexibility index (Phi) is 9.73. The first-order valence-electron chi connectivity index (χ1n) is 11.3. The zero-order valence-corrected chi connectivity index (χ0v) is 20.0. The van der Waals surface area contributed by atoms with Gasteiger partial charge >= 0.3 is 0 Å². The summed E-state index contributed by atoms with van der Waals surface area (Å²) in [5.74, 6) is -0.101. The summed E-state index contributed by atoms with van der Waals surface area (Å²) in [7, 11) is 1.55.